The zero-order valence-corrected chi connectivity index (χ0v) is 16.4. The third-order valence-electron chi connectivity index (χ3n) is 8.26. The Balaban J connectivity index is 1.81. The van der Waals surface area contributed by atoms with Gasteiger partial charge >= 0.3 is 0 Å². The highest BCUT2D eigenvalue weighted by atomic mass is 16.1. The molecule has 0 aromatic carbocycles. The van der Waals surface area contributed by atoms with Crippen molar-refractivity contribution in [1.82, 2.24) is 0 Å². The van der Waals surface area contributed by atoms with Gasteiger partial charge in [0.2, 0.25) is 0 Å². The zero-order chi connectivity index (χ0) is 18.2. The summed E-state index contributed by atoms with van der Waals surface area (Å²) in [6.07, 6.45) is 9.21. The van der Waals surface area contributed by atoms with Crippen LogP contribution in [0.5, 0.6) is 0 Å². The number of hydrogen-bond donors (Lipinski definition) is 0. The van der Waals surface area contributed by atoms with Gasteiger partial charge in [0.25, 0.3) is 0 Å². The lowest BCUT2D eigenvalue weighted by atomic mass is 9.46. The number of allylic oxidation sites excluding steroid dienone is 4. The molecule has 4 rings (SSSR count). The molecule has 2 nitrogen and oxygen atoms in total. The molecule has 4 aliphatic rings. The second kappa shape index (κ2) is 5.09. The average molecular weight is 338 g/mol. The summed E-state index contributed by atoms with van der Waals surface area (Å²) in [6.45, 7) is 11.3. The van der Waals surface area contributed by atoms with Gasteiger partial charge in [-0.3, -0.25) is 4.79 Å². The Hall–Kier alpha value is -1.36. The molecule has 0 spiro atoms. The molecule has 1 fully saturated rings. The van der Waals surface area contributed by atoms with Gasteiger partial charge in [0.1, 0.15) is 5.92 Å². The monoisotopic (exact) mass is 337 g/mol. The first kappa shape index (κ1) is 17.1. The molecule has 4 aliphatic carbocycles. The Morgan fingerprint density at radius 1 is 1.16 bits per heavy atom. The fourth-order valence-electron chi connectivity index (χ4n) is 7.00. The minimum atomic E-state index is -0.484. The Labute approximate surface area is 152 Å². The topological polar surface area (TPSA) is 40.9 Å². The summed E-state index contributed by atoms with van der Waals surface area (Å²) in [5.41, 5.74) is 4.70. The number of carbonyl (C=O) groups excluding carboxylic acids is 1. The van der Waals surface area contributed by atoms with Gasteiger partial charge in [-0.1, -0.05) is 43.6 Å². The average Bonchev–Trinajstić information content (AvgIpc) is 2.86. The van der Waals surface area contributed by atoms with Gasteiger partial charge in [0.05, 0.1) is 6.07 Å². The minimum absolute atomic E-state index is 0.00594. The van der Waals surface area contributed by atoms with Crippen LogP contribution in [0.4, 0.5) is 0 Å². The van der Waals surface area contributed by atoms with Crippen molar-refractivity contribution in [2.45, 2.75) is 73.1 Å². The normalized spacial score (nSPS) is 41.4. The van der Waals surface area contributed by atoms with Gasteiger partial charge in [-0.2, -0.15) is 5.26 Å². The highest BCUT2D eigenvalue weighted by Crippen LogP contribution is 2.64. The maximum Gasteiger partial charge on any atom is 0.159 e. The molecule has 0 radical (unpaired) electrons. The maximum absolute atomic E-state index is 12.8. The molecule has 0 saturated heterocycles. The van der Waals surface area contributed by atoms with Crippen molar-refractivity contribution < 1.29 is 4.79 Å². The third kappa shape index (κ3) is 2.11. The Kier molecular flexibility index (Phi) is 3.48. The molecule has 0 amide bonds. The SMILES string of the molecule is CC1(C)CCC2=C1CC[C@H]1[C@H]2CC=C2C(C)(C)C(=O)[C@H](C#N)C[C@@]21C. The smallest absolute Gasteiger partial charge is 0.159 e. The van der Waals surface area contributed by atoms with Crippen LogP contribution in [0.15, 0.2) is 22.8 Å². The molecular formula is C23H31NO. The molecule has 0 heterocycles. The van der Waals surface area contributed by atoms with Gasteiger partial charge in [0, 0.05) is 5.41 Å². The number of fused-ring (bicyclic) bond motifs is 4. The van der Waals surface area contributed by atoms with Crippen molar-refractivity contribution in [1.29, 1.82) is 5.26 Å². The van der Waals surface area contributed by atoms with E-state index in [1.807, 2.05) is 0 Å². The summed E-state index contributed by atoms with van der Waals surface area (Å²) in [5, 5.41) is 9.61. The summed E-state index contributed by atoms with van der Waals surface area (Å²) in [5.74, 6) is 0.937. The van der Waals surface area contributed by atoms with Gasteiger partial charge in [0.15, 0.2) is 5.78 Å². The van der Waals surface area contributed by atoms with Crippen LogP contribution >= 0.6 is 0 Å². The van der Waals surface area contributed by atoms with Crippen LogP contribution in [-0.4, -0.2) is 5.78 Å². The van der Waals surface area contributed by atoms with E-state index >= 15 is 0 Å². The lowest BCUT2D eigenvalue weighted by Crippen LogP contribution is -2.52. The molecule has 1 saturated carbocycles. The van der Waals surface area contributed by atoms with E-state index in [1.54, 1.807) is 11.1 Å². The van der Waals surface area contributed by atoms with Crippen LogP contribution in [-0.2, 0) is 4.79 Å². The van der Waals surface area contributed by atoms with E-state index < -0.39 is 11.3 Å². The molecule has 4 atom stereocenters. The number of nitriles is 1. The fourth-order valence-corrected chi connectivity index (χ4v) is 7.00. The molecule has 0 N–H and O–H groups in total. The van der Waals surface area contributed by atoms with Gasteiger partial charge in [-0.05, 0) is 75.0 Å². The molecule has 0 aromatic rings. The number of Topliss-reactive ketones (excluding diaryl/α,β-unsaturated/α-hetero) is 1. The van der Waals surface area contributed by atoms with Crippen LogP contribution in [0.3, 0.4) is 0 Å². The summed E-state index contributed by atoms with van der Waals surface area (Å²) in [4.78, 5) is 12.8. The van der Waals surface area contributed by atoms with Crippen LogP contribution in [0.25, 0.3) is 0 Å². The van der Waals surface area contributed by atoms with Crippen molar-refractivity contribution in [2.75, 3.05) is 0 Å². The minimum Gasteiger partial charge on any atom is -0.297 e. The first-order valence-electron chi connectivity index (χ1n) is 10.0. The maximum atomic E-state index is 12.8. The van der Waals surface area contributed by atoms with Gasteiger partial charge < -0.3 is 0 Å². The number of ketones is 1. The van der Waals surface area contributed by atoms with E-state index in [0.29, 0.717) is 17.3 Å². The Morgan fingerprint density at radius 3 is 2.56 bits per heavy atom. The Bertz CT molecular complexity index is 745. The highest BCUT2D eigenvalue weighted by Gasteiger charge is 2.58. The van der Waals surface area contributed by atoms with Crippen molar-refractivity contribution in [3.63, 3.8) is 0 Å². The zero-order valence-electron chi connectivity index (χ0n) is 16.4. The summed E-state index contributed by atoms with van der Waals surface area (Å²) >= 11 is 0. The predicted octanol–water partition coefficient (Wildman–Crippen LogP) is 5.60. The van der Waals surface area contributed by atoms with E-state index in [2.05, 4.69) is 46.8 Å². The van der Waals surface area contributed by atoms with Crippen molar-refractivity contribution in [3.8, 4) is 6.07 Å². The molecule has 0 unspecified atom stereocenters. The molecule has 2 heteroatoms. The molecular weight excluding hydrogens is 306 g/mol. The van der Waals surface area contributed by atoms with Crippen LogP contribution < -0.4 is 0 Å². The van der Waals surface area contributed by atoms with Crippen LogP contribution in [0.1, 0.15) is 73.1 Å². The molecule has 0 aromatic heterocycles. The molecule has 25 heavy (non-hydrogen) atoms. The summed E-state index contributed by atoms with van der Waals surface area (Å²) in [7, 11) is 0. The van der Waals surface area contributed by atoms with Crippen LogP contribution in [0.2, 0.25) is 0 Å². The summed E-state index contributed by atoms with van der Waals surface area (Å²) < 4.78 is 0. The predicted molar refractivity (Wildman–Crippen MR) is 99.6 cm³/mol. The lowest BCUT2D eigenvalue weighted by Gasteiger charge is -2.56. The lowest BCUT2D eigenvalue weighted by molar-refractivity contribution is -0.133. The van der Waals surface area contributed by atoms with Gasteiger partial charge in [-0.15, -0.1) is 0 Å². The van der Waals surface area contributed by atoms with Gasteiger partial charge in [-0.25, -0.2) is 0 Å². The largest absolute Gasteiger partial charge is 0.297 e. The van der Waals surface area contributed by atoms with Crippen molar-refractivity contribution in [3.05, 3.63) is 22.8 Å². The van der Waals surface area contributed by atoms with E-state index in [4.69, 9.17) is 0 Å². The standard InChI is InChI=1S/C23H31NO/c1-21(2)11-10-16-15-6-9-19-22(3,4)20(25)14(13-24)12-23(19,5)18(15)8-7-17(16)21/h9,14-15,18H,6-8,10-12H2,1-5H3/t14-,15-,18-,23+/m0/s1. The van der Waals surface area contributed by atoms with E-state index in [-0.39, 0.29) is 11.2 Å². The van der Waals surface area contributed by atoms with E-state index in [0.717, 1.165) is 12.8 Å². The Morgan fingerprint density at radius 2 is 1.88 bits per heavy atom. The number of carbonyl (C=O) groups is 1. The number of hydrogen-bond acceptors (Lipinski definition) is 2. The van der Waals surface area contributed by atoms with E-state index in [9.17, 15) is 10.1 Å². The second-order valence-electron chi connectivity index (χ2n) is 10.3. The number of rotatable bonds is 0. The van der Waals surface area contributed by atoms with Crippen LogP contribution in [0, 0.1) is 45.3 Å². The summed E-state index contributed by atoms with van der Waals surface area (Å²) in [6, 6.07) is 2.33. The van der Waals surface area contributed by atoms with Crippen molar-refractivity contribution >= 4 is 5.78 Å². The first-order valence-corrected chi connectivity index (χ1v) is 10.0. The van der Waals surface area contributed by atoms with E-state index in [1.165, 1.54) is 31.3 Å². The number of nitrogens with zero attached hydrogens (tertiary/aromatic N) is 1. The fraction of sp³-hybridized carbons (Fsp3) is 0.739. The molecule has 0 bridgehead atoms. The quantitative estimate of drug-likeness (QED) is 0.539. The van der Waals surface area contributed by atoms with Crippen molar-refractivity contribution in [2.24, 2.45) is 34.0 Å². The molecule has 0 aliphatic heterocycles. The first-order chi connectivity index (χ1) is 11.6. The molecule has 134 valence electrons. The second-order valence-corrected chi connectivity index (χ2v) is 10.3. The third-order valence-corrected chi connectivity index (χ3v) is 8.26. The highest BCUT2D eigenvalue weighted by molar-refractivity contribution is 5.93.